The van der Waals surface area contributed by atoms with Crippen LogP contribution in [0.1, 0.15) is 24.0 Å². The zero-order valence-electron chi connectivity index (χ0n) is 19.3. The van der Waals surface area contributed by atoms with Gasteiger partial charge in [0, 0.05) is 25.6 Å². The third kappa shape index (κ3) is 3.94. The summed E-state index contributed by atoms with van der Waals surface area (Å²) in [6, 6.07) is 18.3. The van der Waals surface area contributed by atoms with Crippen LogP contribution in [0.25, 0.3) is 0 Å². The number of amidine groups is 1. The molecule has 0 saturated heterocycles. The van der Waals surface area contributed by atoms with Crippen molar-refractivity contribution in [2.75, 3.05) is 19.6 Å². The number of allylic oxidation sites excluding steroid dienone is 2. The van der Waals surface area contributed by atoms with E-state index in [1.807, 2.05) is 48.8 Å². The smallest absolute Gasteiger partial charge is 0.265 e. The molecule has 2 aromatic carbocycles. The summed E-state index contributed by atoms with van der Waals surface area (Å²) in [4.78, 5) is 12.0. The Bertz CT molecular complexity index is 1210. The van der Waals surface area contributed by atoms with Crippen LogP contribution in [-0.4, -0.2) is 41.2 Å². The molecule has 1 saturated carbocycles. The van der Waals surface area contributed by atoms with Crippen LogP contribution in [0.15, 0.2) is 101 Å². The van der Waals surface area contributed by atoms with E-state index >= 15 is 0 Å². The molecule has 6 nitrogen and oxygen atoms in total. The standard InChI is InChI=1S/C28H30N5O/c29-33-14-11-30-18-26(33)27(24-15-22(16-24)19-32-12-4-5-13-32)31-28(33)23-9-6-10-25(17-23)34-20-21-7-2-1-3-8-21/h1-11,14,17-18,22,24H,12-13,15-16,19-20,29H2/q+1. The van der Waals surface area contributed by atoms with Gasteiger partial charge in [0.1, 0.15) is 24.3 Å². The molecule has 0 aromatic heterocycles. The summed E-state index contributed by atoms with van der Waals surface area (Å²) >= 11 is 0. The Labute approximate surface area is 200 Å². The lowest BCUT2D eigenvalue weighted by Gasteiger charge is -2.37. The first-order valence-electron chi connectivity index (χ1n) is 12.1. The lowest BCUT2D eigenvalue weighted by molar-refractivity contribution is -0.750. The van der Waals surface area contributed by atoms with Crippen LogP contribution in [0.5, 0.6) is 5.75 Å². The molecule has 1 unspecified atom stereocenters. The summed E-state index contributed by atoms with van der Waals surface area (Å²) in [7, 11) is 0. The minimum Gasteiger partial charge on any atom is -0.489 e. The fourth-order valence-corrected chi connectivity index (χ4v) is 5.32. The van der Waals surface area contributed by atoms with Crippen LogP contribution in [0.2, 0.25) is 0 Å². The lowest BCUT2D eigenvalue weighted by atomic mass is 9.72. The minimum atomic E-state index is 0.0676. The third-order valence-corrected chi connectivity index (χ3v) is 7.20. The number of nitrogens with zero attached hydrogens (tertiary/aromatic N) is 4. The summed E-state index contributed by atoms with van der Waals surface area (Å²) in [5, 5.41) is 0. The Kier molecular flexibility index (Phi) is 5.49. The maximum absolute atomic E-state index is 6.94. The number of fused-ring (bicyclic) bond motifs is 1. The van der Waals surface area contributed by atoms with Gasteiger partial charge in [0.15, 0.2) is 0 Å². The van der Waals surface area contributed by atoms with Gasteiger partial charge >= 0.3 is 0 Å². The Morgan fingerprint density at radius 2 is 1.85 bits per heavy atom. The average molecular weight is 453 g/mol. The van der Waals surface area contributed by atoms with Crippen molar-refractivity contribution in [3.63, 3.8) is 0 Å². The summed E-state index contributed by atoms with van der Waals surface area (Å²) in [5.41, 5.74) is 4.19. The highest BCUT2D eigenvalue weighted by atomic mass is 16.5. The maximum Gasteiger partial charge on any atom is 0.265 e. The molecular formula is C28H30N5O+. The van der Waals surface area contributed by atoms with Crippen molar-refractivity contribution >= 4 is 12.1 Å². The first kappa shape index (κ1) is 21.2. The topological polar surface area (TPSA) is 63.2 Å². The van der Waals surface area contributed by atoms with Crippen molar-refractivity contribution in [1.82, 2.24) is 4.90 Å². The lowest BCUT2D eigenvalue weighted by Crippen LogP contribution is -2.53. The van der Waals surface area contributed by atoms with Gasteiger partial charge in [0.2, 0.25) is 5.70 Å². The van der Waals surface area contributed by atoms with E-state index < -0.39 is 0 Å². The average Bonchev–Trinajstić information content (AvgIpc) is 3.46. The molecule has 3 aliphatic heterocycles. The monoisotopic (exact) mass is 452 g/mol. The second-order valence-corrected chi connectivity index (χ2v) is 9.59. The second kappa shape index (κ2) is 8.80. The molecular weight excluding hydrogens is 422 g/mol. The van der Waals surface area contributed by atoms with Crippen molar-refractivity contribution in [3.05, 3.63) is 102 Å². The predicted octanol–water partition coefficient (Wildman–Crippen LogP) is 4.38. The van der Waals surface area contributed by atoms with E-state index in [0.717, 1.165) is 66.0 Å². The van der Waals surface area contributed by atoms with Crippen LogP contribution in [-0.2, 0) is 6.61 Å². The first-order valence-corrected chi connectivity index (χ1v) is 12.1. The van der Waals surface area contributed by atoms with E-state index in [1.54, 1.807) is 6.20 Å². The minimum absolute atomic E-state index is 0.0676. The number of nitrogens with two attached hydrogens (primary N) is 1. The van der Waals surface area contributed by atoms with Gasteiger partial charge in [0.25, 0.3) is 5.84 Å². The van der Waals surface area contributed by atoms with E-state index in [4.69, 9.17) is 15.6 Å². The molecule has 1 atom stereocenters. The highest BCUT2D eigenvalue weighted by molar-refractivity contribution is 6.00. The molecule has 4 aliphatic rings. The zero-order valence-corrected chi connectivity index (χ0v) is 19.3. The van der Waals surface area contributed by atoms with Crippen molar-refractivity contribution in [2.45, 2.75) is 19.4 Å². The Hall–Kier alpha value is -3.32. The molecule has 1 aliphatic carbocycles. The van der Waals surface area contributed by atoms with Gasteiger partial charge in [-0.15, -0.1) is 4.59 Å². The Morgan fingerprint density at radius 3 is 2.68 bits per heavy atom. The summed E-state index contributed by atoms with van der Waals surface area (Å²) in [5.74, 6) is 9.73. The number of quaternary nitrogens is 1. The van der Waals surface area contributed by atoms with Crippen LogP contribution in [0.4, 0.5) is 0 Å². The van der Waals surface area contributed by atoms with Gasteiger partial charge < -0.3 is 4.74 Å². The molecule has 2 N–H and O–H groups in total. The van der Waals surface area contributed by atoms with Gasteiger partial charge in [-0.05, 0) is 42.5 Å². The van der Waals surface area contributed by atoms with Gasteiger partial charge in [-0.1, -0.05) is 48.6 Å². The first-order chi connectivity index (χ1) is 16.7. The second-order valence-electron chi connectivity index (χ2n) is 9.59. The van der Waals surface area contributed by atoms with E-state index in [-0.39, 0.29) is 4.59 Å². The van der Waals surface area contributed by atoms with Crippen molar-refractivity contribution in [3.8, 4) is 5.75 Å². The van der Waals surface area contributed by atoms with E-state index in [1.165, 1.54) is 6.54 Å². The van der Waals surface area contributed by atoms with Crippen LogP contribution >= 0.6 is 0 Å². The zero-order chi connectivity index (χ0) is 23.0. The highest BCUT2D eigenvalue weighted by Crippen LogP contribution is 2.45. The summed E-state index contributed by atoms with van der Waals surface area (Å²) in [6.45, 7) is 3.86. The SMILES string of the molecule is N[N+]12C=CN=CC1=C(C1CC(CN3CC=CC3)C1)N=C2c1cccc(OCc2ccccc2)c1. The van der Waals surface area contributed by atoms with E-state index in [2.05, 4.69) is 40.2 Å². The molecule has 0 amide bonds. The van der Waals surface area contributed by atoms with Gasteiger partial charge in [-0.2, -0.15) is 10.8 Å². The quantitative estimate of drug-likeness (QED) is 0.385. The number of rotatable bonds is 7. The molecule has 0 spiro atoms. The van der Waals surface area contributed by atoms with Crippen LogP contribution in [0.3, 0.4) is 0 Å². The molecule has 34 heavy (non-hydrogen) atoms. The Morgan fingerprint density at radius 1 is 1.03 bits per heavy atom. The Balaban J connectivity index is 1.21. The molecule has 0 radical (unpaired) electrons. The largest absolute Gasteiger partial charge is 0.489 e. The fourth-order valence-electron chi connectivity index (χ4n) is 5.32. The highest BCUT2D eigenvalue weighted by Gasteiger charge is 2.48. The number of aliphatic imine (C=N–C) groups is 2. The van der Waals surface area contributed by atoms with Crippen LogP contribution in [0, 0.1) is 11.8 Å². The summed E-state index contributed by atoms with van der Waals surface area (Å²) in [6.07, 6.45) is 12.4. The predicted molar refractivity (Wildman–Crippen MR) is 135 cm³/mol. The van der Waals surface area contributed by atoms with Gasteiger partial charge in [0.05, 0.1) is 18.0 Å². The number of benzene rings is 2. The van der Waals surface area contributed by atoms with Crippen molar-refractivity contribution in [2.24, 2.45) is 27.7 Å². The van der Waals surface area contributed by atoms with Crippen LogP contribution < -0.4 is 10.6 Å². The summed E-state index contributed by atoms with van der Waals surface area (Å²) < 4.78 is 6.14. The third-order valence-electron chi connectivity index (χ3n) is 7.20. The molecule has 3 heterocycles. The number of ether oxygens (including phenoxy) is 1. The van der Waals surface area contributed by atoms with E-state index in [0.29, 0.717) is 12.5 Å². The normalized spacial score (nSPS) is 27.6. The van der Waals surface area contributed by atoms with Crippen molar-refractivity contribution < 1.29 is 9.33 Å². The molecule has 172 valence electrons. The molecule has 2 aromatic rings. The molecule has 6 rings (SSSR count). The number of hydrogen-bond donors (Lipinski definition) is 1. The molecule has 6 heteroatoms. The number of hydrogen-bond acceptors (Lipinski definition) is 5. The maximum atomic E-state index is 6.94. The van der Waals surface area contributed by atoms with Crippen molar-refractivity contribution in [1.29, 1.82) is 0 Å². The molecule has 1 fully saturated rings. The van der Waals surface area contributed by atoms with Gasteiger partial charge in [-0.3, -0.25) is 9.89 Å². The molecule has 0 bridgehead atoms. The van der Waals surface area contributed by atoms with E-state index in [9.17, 15) is 0 Å². The fraction of sp³-hybridized carbons (Fsp3) is 0.286. The van der Waals surface area contributed by atoms with Gasteiger partial charge in [-0.25, -0.2) is 0 Å².